The second-order valence-electron chi connectivity index (χ2n) is 5.98. The summed E-state index contributed by atoms with van der Waals surface area (Å²) in [4.78, 5) is 23.7. The van der Waals surface area contributed by atoms with Crippen molar-refractivity contribution in [2.24, 2.45) is 0 Å². The van der Waals surface area contributed by atoms with Gasteiger partial charge in [0.15, 0.2) is 6.61 Å². The van der Waals surface area contributed by atoms with E-state index in [-0.39, 0.29) is 35.2 Å². The van der Waals surface area contributed by atoms with Crippen LogP contribution in [0.2, 0.25) is 0 Å². The first-order valence-corrected chi connectivity index (χ1v) is 10.1. The third kappa shape index (κ3) is 4.94. The summed E-state index contributed by atoms with van der Waals surface area (Å²) in [5, 5.41) is 2.50. The topological polar surface area (TPSA) is 124 Å². The molecule has 1 fully saturated rings. The summed E-state index contributed by atoms with van der Waals surface area (Å²) in [6.07, 6.45) is 1.31. The lowest BCUT2D eigenvalue weighted by atomic mass is 10.3. The molecule has 0 saturated carbocycles. The number of ether oxygens (including phenoxy) is 3. The first kappa shape index (κ1) is 20.8. The van der Waals surface area contributed by atoms with Gasteiger partial charge in [-0.25, -0.2) is 13.2 Å². The van der Waals surface area contributed by atoms with Crippen molar-refractivity contribution in [1.82, 2.24) is 4.31 Å². The largest absolute Gasteiger partial charge is 0.495 e. The number of hydrogen-bond donors (Lipinski definition) is 1. The van der Waals surface area contributed by atoms with Crippen LogP contribution in [0, 0.1) is 0 Å². The van der Waals surface area contributed by atoms with Gasteiger partial charge in [0, 0.05) is 18.8 Å². The molecule has 0 aliphatic carbocycles. The SMILES string of the molecule is COc1ccc(NC(=O)COC(=O)c2ccco2)cc1S(=O)(=O)N1CCOCC1. The number of esters is 1. The molecular weight excluding hydrogens is 404 g/mol. The summed E-state index contributed by atoms with van der Waals surface area (Å²) in [5.74, 6) is -1.29. The van der Waals surface area contributed by atoms with Gasteiger partial charge in [-0.05, 0) is 30.3 Å². The number of hydrogen-bond acceptors (Lipinski definition) is 8. The Bertz CT molecular complexity index is 966. The van der Waals surface area contributed by atoms with E-state index in [9.17, 15) is 18.0 Å². The highest BCUT2D eigenvalue weighted by molar-refractivity contribution is 7.89. The van der Waals surface area contributed by atoms with Gasteiger partial charge in [-0.1, -0.05) is 0 Å². The zero-order valence-electron chi connectivity index (χ0n) is 15.6. The van der Waals surface area contributed by atoms with E-state index in [4.69, 9.17) is 18.6 Å². The number of carbonyl (C=O) groups is 2. The van der Waals surface area contributed by atoms with E-state index >= 15 is 0 Å². The summed E-state index contributed by atoms with van der Waals surface area (Å²) >= 11 is 0. The molecule has 1 saturated heterocycles. The molecule has 0 bridgehead atoms. The predicted molar refractivity (Wildman–Crippen MR) is 100 cm³/mol. The number of amides is 1. The summed E-state index contributed by atoms with van der Waals surface area (Å²) in [7, 11) is -2.48. The van der Waals surface area contributed by atoms with Crippen LogP contribution >= 0.6 is 0 Å². The molecule has 0 radical (unpaired) electrons. The summed E-state index contributed by atoms with van der Waals surface area (Å²) in [6, 6.07) is 7.16. The molecule has 11 heteroatoms. The van der Waals surface area contributed by atoms with E-state index in [0.717, 1.165) is 0 Å². The zero-order valence-corrected chi connectivity index (χ0v) is 16.4. The number of carbonyl (C=O) groups excluding carboxylic acids is 2. The molecule has 3 rings (SSSR count). The van der Waals surface area contributed by atoms with E-state index in [1.54, 1.807) is 0 Å². The van der Waals surface area contributed by atoms with Crippen LogP contribution in [-0.4, -0.2) is 64.6 Å². The molecule has 156 valence electrons. The van der Waals surface area contributed by atoms with Crippen molar-refractivity contribution in [3.8, 4) is 5.75 Å². The molecule has 1 aliphatic heterocycles. The Morgan fingerprint density at radius 2 is 1.97 bits per heavy atom. The molecule has 1 aromatic carbocycles. The van der Waals surface area contributed by atoms with Gasteiger partial charge in [-0.2, -0.15) is 4.31 Å². The highest BCUT2D eigenvalue weighted by Gasteiger charge is 2.29. The van der Waals surface area contributed by atoms with E-state index in [0.29, 0.717) is 13.2 Å². The van der Waals surface area contributed by atoms with Crippen molar-refractivity contribution in [3.63, 3.8) is 0 Å². The van der Waals surface area contributed by atoms with Crippen LogP contribution in [0.4, 0.5) is 5.69 Å². The average molecular weight is 424 g/mol. The van der Waals surface area contributed by atoms with Crippen LogP contribution in [-0.2, 0) is 24.3 Å². The number of anilines is 1. The Hall–Kier alpha value is -2.89. The third-order valence-corrected chi connectivity index (χ3v) is 6.01. The van der Waals surface area contributed by atoms with Gasteiger partial charge < -0.3 is 23.9 Å². The standard InChI is InChI=1S/C18H20N2O8S/c1-25-14-5-4-13(11-16(14)29(23,24)20-6-9-26-10-7-20)19-17(21)12-28-18(22)15-3-2-8-27-15/h2-5,8,11H,6-7,9-10,12H2,1H3,(H,19,21). The first-order valence-electron chi connectivity index (χ1n) is 8.68. The fraction of sp³-hybridized carbons (Fsp3) is 0.333. The van der Waals surface area contributed by atoms with Crippen molar-refractivity contribution >= 4 is 27.6 Å². The van der Waals surface area contributed by atoms with Crippen LogP contribution in [0.1, 0.15) is 10.6 Å². The quantitative estimate of drug-likeness (QED) is 0.656. The van der Waals surface area contributed by atoms with Crippen LogP contribution in [0.3, 0.4) is 0 Å². The van der Waals surface area contributed by atoms with Gasteiger partial charge in [0.1, 0.15) is 10.6 Å². The maximum atomic E-state index is 12.9. The Labute approximate surface area is 167 Å². The fourth-order valence-corrected chi connectivity index (χ4v) is 4.27. The van der Waals surface area contributed by atoms with Crippen molar-refractivity contribution in [3.05, 3.63) is 42.4 Å². The molecule has 29 heavy (non-hydrogen) atoms. The highest BCUT2D eigenvalue weighted by Crippen LogP contribution is 2.30. The maximum Gasteiger partial charge on any atom is 0.374 e. The predicted octanol–water partition coefficient (Wildman–Crippen LogP) is 1.10. The maximum absolute atomic E-state index is 12.9. The van der Waals surface area contributed by atoms with E-state index in [1.165, 1.54) is 48.0 Å². The number of benzene rings is 1. The molecule has 0 spiro atoms. The third-order valence-electron chi connectivity index (χ3n) is 4.09. The number of morpholine rings is 1. The van der Waals surface area contributed by atoms with Crippen molar-refractivity contribution in [2.45, 2.75) is 4.90 Å². The van der Waals surface area contributed by atoms with Gasteiger partial charge in [0.25, 0.3) is 5.91 Å². The first-order chi connectivity index (χ1) is 13.9. The van der Waals surface area contributed by atoms with Crippen LogP contribution in [0.25, 0.3) is 0 Å². The zero-order chi connectivity index (χ0) is 20.9. The molecule has 0 atom stereocenters. The summed E-state index contributed by atoms with van der Waals surface area (Å²) in [6.45, 7) is 0.505. The molecule has 2 aromatic rings. The second-order valence-corrected chi connectivity index (χ2v) is 7.89. The number of methoxy groups -OCH3 is 1. The Balaban J connectivity index is 1.71. The minimum absolute atomic E-state index is 0.0267. The Kier molecular flexibility index (Phi) is 6.52. The van der Waals surface area contributed by atoms with Crippen LogP contribution < -0.4 is 10.1 Å². The average Bonchev–Trinajstić information content (AvgIpc) is 3.27. The van der Waals surface area contributed by atoms with Crippen molar-refractivity contribution in [1.29, 1.82) is 0 Å². The Morgan fingerprint density at radius 3 is 2.62 bits per heavy atom. The smallest absolute Gasteiger partial charge is 0.374 e. The molecule has 1 N–H and O–H groups in total. The van der Waals surface area contributed by atoms with Crippen LogP contribution in [0.15, 0.2) is 45.9 Å². The van der Waals surface area contributed by atoms with E-state index < -0.39 is 28.5 Å². The van der Waals surface area contributed by atoms with Crippen molar-refractivity contribution in [2.75, 3.05) is 45.3 Å². The molecule has 1 amide bonds. The molecular formula is C18H20N2O8S. The lowest BCUT2D eigenvalue weighted by Crippen LogP contribution is -2.40. The molecule has 1 aromatic heterocycles. The lowest BCUT2D eigenvalue weighted by Gasteiger charge is -2.26. The summed E-state index contributed by atoms with van der Waals surface area (Å²) < 4.78 is 47.3. The van der Waals surface area contributed by atoms with Gasteiger partial charge in [0.2, 0.25) is 15.8 Å². The molecule has 10 nitrogen and oxygen atoms in total. The van der Waals surface area contributed by atoms with Crippen LogP contribution in [0.5, 0.6) is 5.75 Å². The van der Waals surface area contributed by atoms with Gasteiger partial charge >= 0.3 is 5.97 Å². The fourth-order valence-electron chi connectivity index (χ4n) is 2.68. The number of nitrogens with zero attached hydrogens (tertiary/aromatic N) is 1. The number of sulfonamides is 1. The molecule has 2 heterocycles. The number of nitrogens with one attached hydrogen (secondary N) is 1. The highest BCUT2D eigenvalue weighted by atomic mass is 32.2. The van der Waals surface area contributed by atoms with E-state index in [2.05, 4.69) is 5.32 Å². The minimum Gasteiger partial charge on any atom is -0.495 e. The van der Waals surface area contributed by atoms with Gasteiger partial charge in [-0.15, -0.1) is 0 Å². The molecule has 0 unspecified atom stereocenters. The number of rotatable bonds is 7. The normalized spacial score (nSPS) is 14.9. The minimum atomic E-state index is -3.84. The molecule has 1 aliphatic rings. The second kappa shape index (κ2) is 9.07. The Morgan fingerprint density at radius 1 is 1.21 bits per heavy atom. The number of furan rings is 1. The van der Waals surface area contributed by atoms with Gasteiger partial charge in [-0.3, -0.25) is 4.79 Å². The van der Waals surface area contributed by atoms with Crippen molar-refractivity contribution < 1.29 is 36.6 Å². The van der Waals surface area contributed by atoms with Gasteiger partial charge in [0.05, 0.1) is 26.6 Å². The monoisotopic (exact) mass is 424 g/mol. The lowest BCUT2D eigenvalue weighted by molar-refractivity contribution is -0.119. The summed E-state index contributed by atoms with van der Waals surface area (Å²) in [5.41, 5.74) is 0.219. The van der Waals surface area contributed by atoms with E-state index in [1.807, 2.05) is 0 Å².